The van der Waals surface area contributed by atoms with Crippen molar-refractivity contribution in [2.75, 3.05) is 13.2 Å². The van der Waals surface area contributed by atoms with Gasteiger partial charge in [-0.1, -0.05) is 75.6 Å². The minimum Gasteiger partial charge on any atom is -0.494 e. The smallest absolute Gasteiger partial charge is 0.488 e. The molecular formula is C24H36B2O6. The molecule has 0 bridgehead atoms. The van der Waals surface area contributed by atoms with Gasteiger partial charge in [0.2, 0.25) is 0 Å². The van der Waals surface area contributed by atoms with Crippen LogP contribution >= 0.6 is 0 Å². The maximum Gasteiger partial charge on any atom is 0.488 e. The van der Waals surface area contributed by atoms with Gasteiger partial charge in [-0.25, -0.2) is 0 Å². The molecule has 0 amide bonds. The van der Waals surface area contributed by atoms with E-state index in [4.69, 9.17) is 29.6 Å². The Kier molecular flexibility index (Phi) is 12.9. The molecule has 0 heterocycles. The number of unbranched alkanes of at least 4 members (excludes halogenated alkanes) is 9. The molecule has 0 atom stereocenters. The first-order chi connectivity index (χ1) is 15.6. The third kappa shape index (κ3) is 11.0. The minimum atomic E-state index is -1.43. The highest BCUT2D eigenvalue weighted by Gasteiger charge is 2.10. The van der Waals surface area contributed by atoms with Gasteiger partial charge >= 0.3 is 14.2 Å². The molecule has 0 aliphatic carbocycles. The van der Waals surface area contributed by atoms with Crippen molar-refractivity contribution in [2.24, 2.45) is 0 Å². The average Bonchev–Trinajstić information content (AvgIpc) is 2.80. The predicted molar refractivity (Wildman–Crippen MR) is 130 cm³/mol. The first-order valence-electron chi connectivity index (χ1n) is 11.7. The van der Waals surface area contributed by atoms with E-state index in [1.165, 1.54) is 51.4 Å². The van der Waals surface area contributed by atoms with E-state index in [-0.39, 0.29) is 0 Å². The normalized spacial score (nSPS) is 10.8. The summed E-state index contributed by atoms with van der Waals surface area (Å²) in [6.45, 7) is 1.38. The zero-order valence-corrected chi connectivity index (χ0v) is 18.9. The molecule has 2 aromatic rings. The largest absolute Gasteiger partial charge is 0.494 e. The van der Waals surface area contributed by atoms with E-state index < -0.39 is 14.2 Å². The second kappa shape index (κ2) is 15.8. The number of benzene rings is 2. The molecule has 174 valence electrons. The molecule has 0 aliphatic rings. The van der Waals surface area contributed by atoms with E-state index in [9.17, 15) is 0 Å². The van der Waals surface area contributed by atoms with Crippen molar-refractivity contribution in [3.05, 3.63) is 48.5 Å². The molecule has 6 nitrogen and oxygen atoms in total. The Morgan fingerprint density at radius 3 is 1.00 bits per heavy atom. The SMILES string of the molecule is OB(O)c1ccc(OCCCCCCCCCCCCOc2ccc(B(O)O)cc2)cc1. The van der Waals surface area contributed by atoms with E-state index in [1.807, 2.05) is 0 Å². The molecule has 2 rings (SSSR count). The fraction of sp³-hybridized carbons (Fsp3) is 0.500. The van der Waals surface area contributed by atoms with Crippen molar-refractivity contribution in [3.63, 3.8) is 0 Å². The molecule has 32 heavy (non-hydrogen) atoms. The molecule has 0 aliphatic heterocycles. The summed E-state index contributed by atoms with van der Waals surface area (Å²) >= 11 is 0. The molecule has 0 saturated heterocycles. The molecule has 0 aromatic heterocycles. The summed E-state index contributed by atoms with van der Waals surface area (Å²) in [4.78, 5) is 0. The number of hydrogen-bond donors (Lipinski definition) is 4. The van der Waals surface area contributed by atoms with Crippen LogP contribution in [-0.4, -0.2) is 47.5 Å². The summed E-state index contributed by atoms with van der Waals surface area (Å²) in [7, 11) is -2.87. The summed E-state index contributed by atoms with van der Waals surface area (Å²) in [5.41, 5.74) is 0.941. The number of hydrogen-bond acceptors (Lipinski definition) is 6. The Hall–Kier alpha value is -1.99. The monoisotopic (exact) mass is 442 g/mol. The van der Waals surface area contributed by atoms with E-state index in [0.717, 1.165) is 24.3 Å². The van der Waals surface area contributed by atoms with Gasteiger partial charge in [-0.05, 0) is 48.0 Å². The summed E-state index contributed by atoms with van der Waals surface area (Å²) in [6.07, 6.45) is 12.0. The van der Waals surface area contributed by atoms with Crippen LogP contribution in [0, 0.1) is 0 Å². The molecule has 2 aromatic carbocycles. The summed E-state index contributed by atoms with van der Waals surface area (Å²) in [5.74, 6) is 1.53. The lowest BCUT2D eigenvalue weighted by Crippen LogP contribution is -2.29. The zero-order chi connectivity index (χ0) is 23.0. The van der Waals surface area contributed by atoms with Gasteiger partial charge in [0.25, 0.3) is 0 Å². The van der Waals surface area contributed by atoms with Crippen LogP contribution in [0.5, 0.6) is 11.5 Å². The highest BCUT2D eigenvalue weighted by molar-refractivity contribution is 6.58. The van der Waals surface area contributed by atoms with Crippen molar-refractivity contribution in [1.29, 1.82) is 0 Å². The number of rotatable bonds is 17. The first-order valence-corrected chi connectivity index (χ1v) is 11.7. The third-order valence-corrected chi connectivity index (χ3v) is 5.43. The van der Waals surface area contributed by atoms with Gasteiger partial charge in [-0.3, -0.25) is 0 Å². The maximum atomic E-state index is 9.07. The van der Waals surface area contributed by atoms with Crippen LogP contribution in [0.25, 0.3) is 0 Å². The lowest BCUT2D eigenvalue weighted by molar-refractivity contribution is 0.303. The van der Waals surface area contributed by atoms with Crippen molar-refractivity contribution in [1.82, 2.24) is 0 Å². The van der Waals surface area contributed by atoms with Gasteiger partial charge in [-0.15, -0.1) is 0 Å². The summed E-state index contributed by atoms with van der Waals surface area (Å²) < 4.78 is 11.4. The van der Waals surface area contributed by atoms with Crippen LogP contribution in [0.1, 0.15) is 64.2 Å². The van der Waals surface area contributed by atoms with Gasteiger partial charge in [0.1, 0.15) is 11.5 Å². The van der Waals surface area contributed by atoms with E-state index in [2.05, 4.69) is 0 Å². The van der Waals surface area contributed by atoms with Gasteiger partial charge < -0.3 is 29.6 Å². The van der Waals surface area contributed by atoms with Crippen LogP contribution in [0.3, 0.4) is 0 Å². The highest BCUT2D eigenvalue weighted by Crippen LogP contribution is 2.13. The fourth-order valence-electron chi connectivity index (χ4n) is 3.47. The van der Waals surface area contributed by atoms with Crippen molar-refractivity contribution in [2.45, 2.75) is 64.2 Å². The standard InChI is InChI=1S/C24H36B2O6/c27-25(28)21-11-15-23(16-12-21)31-19-9-7-5-3-1-2-4-6-8-10-20-32-24-17-13-22(14-18-24)26(29)30/h11-18,27-30H,1-10,19-20H2. The molecule has 4 N–H and O–H groups in total. The Morgan fingerprint density at radius 2 is 0.719 bits per heavy atom. The Balaban J connectivity index is 1.34. The van der Waals surface area contributed by atoms with Crippen LogP contribution in [0.2, 0.25) is 0 Å². The van der Waals surface area contributed by atoms with E-state index in [0.29, 0.717) is 24.1 Å². The topological polar surface area (TPSA) is 99.4 Å². The molecule has 0 saturated carbocycles. The Morgan fingerprint density at radius 1 is 0.438 bits per heavy atom. The lowest BCUT2D eigenvalue weighted by Gasteiger charge is -2.08. The molecule has 0 radical (unpaired) electrons. The molecule has 0 spiro atoms. The van der Waals surface area contributed by atoms with Crippen LogP contribution in [-0.2, 0) is 0 Å². The van der Waals surface area contributed by atoms with E-state index in [1.54, 1.807) is 48.5 Å². The van der Waals surface area contributed by atoms with Crippen molar-refractivity contribution >= 4 is 25.2 Å². The Bertz CT molecular complexity index is 659. The van der Waals surface area contributed by atoms with Crippen molar-refractivity contribution < 1.29 is 29.6 Å². The van der Waals surface area contributed by atoms with Gasteiger partial charge in [0, 0.05) is 0 Å². The lowest BCUT2D eigenvalue weighted by atomic mass is 9.80. The molecule has 8 heteroatoms. The predicted octanol–water partition coefficient (Wildman–Crippen LogP) is 2.41. The molecular weight excluding hydrogens is 406 g/mol. The van der Waals surface area contributed by atoms with Gasteiger partial charge in [0.05, 0.1) is 13.2 Å². The van der Waals surface area contributed by atoms with Crippen LogP contribution < -0.4 is 20.4 Å². The van der Waals surface area contributed by atoms with E-state index >= 15 is 0 Å². The quantitative estimate of drug-likeness (QED) is 0.222. The maximum absolute atomic E-state index is 9.07. The Labute approximate surface area is 192 Å². The highest BCUT2D eigenvalue weighted by atomic mass is 16.5. The van der Waals surface area contributed by atoms with Gasteiger partial charge in [-0.2, -0.15) is 0 Å². The number of ether oxygens (including phenoxy) is 2. The summed E-state index contributed by atoms with van der Waals surface area (Å²) in [5, 5.41) is 36.3. The van der Waals surface area contributed by atoms with Crippen molar-refractivity contribution in [3.8, 4) is 11.5 Å². The average molecular weight is 442 g/mol. The van der Waals surface area contributed by atoms with Gasteiger partial charge in [0.15, 0.2) is 0 Å². The third-order valence-electron chi connectivity index (χ3n) is 5.43. The fourth-order valence-corrected chi connectivity index (χ4v) is 3.47. The molecule has 0 unspecified atom stereocenters. The second-order valence-corrected chi connectivity index (χ2v) is 8.12. The molecule has 0 fully saturated rings. The minimum absolute atomic E-state index is 0.470. The van der Waals surface area contributed by atoms with Crippen LogP contribution in [0.15, 0.2) is 48.5 Å². The first kappa shape index (κ1) is 26.3. The van der Waals surface area contributed by atoms with Crippen LogP contribution in [0.4, 0.5) is 0 Å². The summed E-state index contributed by atoms with van der Waals surface area (Å²) in [6, 6.07) is 13.7. The zero-order valence-electron chi connectivity index (χ0n) is 18.9. The second-order valence-electron chi connectivity index (χ2n) is 8.12.